The van der Waals surface area contributed by atoms with Gasteiger partial charge in [-0.3, -0.25) is 0 Å². The molecule has 2 aromatic rings. The van der Waals surface area contributed by atoms with Gasteiger partial charge in [0.25, 0.3) is 5.89 Å². The summed E-state index contributed by atoms with van der Waals surface area (Å²) in [6.45, 7) is 2.13. The molecule has 2 N–H and O–H groups in total. The van der Waals surface area contributed by atoms with E-state index >= 15 is 0 Å². The summed E-state index contributed by atoms with van der Waals surface area (Å²) in [5.74, 6) is 1.60. The van der Waals surface area contributed by atoms with E-state index in [4.69, 9.17) is 19.4 Å². The number of furan rings is 1. The maximum atomic E-state index is 5.50. The average molecular weight is 223 g/mol. The molecule has 0 amide bonds. The second kappa shape index (κ2) is 4.46. The smallest absolute Gasteiger partial charge is 0.257 e. The van der Waals surface area contributed by atoms with E-state index in [1.54, 1.807) is 19.4 Å². The van der Waals surface area contributed by atoms with Crippen LogP contribution < -0.4 is 5.73 Å². The van der Waals surface area contributed by atoms with Crippen molar-refractivity contribution in [1.82, 2.24) is 10.1 Å². The number of ether oxygens (including phenoxy) is 1. The molecular weight excluding hydrogens is 210 g/mol. The molecular formula is C10H13N3O3. The van der Waals surface area contributed by atoms with Gasteiger partial charge in [-0.05, 0) is 13.0 Å². The van der Waals surface area contributed by atoms with Gasteiger partial charge in [0.1, 0.15) is 11.9 Å². The van der Waals surface area contributed by atoms with Crippen LogP contribution in [0.3, 0.4) is 0 Å². The van der Waals surface area contributed by atoms with Gasteiger partial charge in [-0.15, -0.1) is 0 Å². The zero-order valence-electron chi connectivity index (χ0n) is 9.14. The Labute approximate surface area is 92.4 Å². The van der Waals surface area contributed by atoms with Crippen LogP contribution in [-0.2, 0) is 4.74 Å². The minimum Gasteiger partial charge on any atom is -0.469 e. The standard InChI is InChI=1S/C10H13N3O3/c1-6-7(3-4-15-6)9-12-10(16-13-9)8(5-11)14-2/h3-4,8H,5,11H2,1-2H3. The highest BCUT2D eigenvalue weighted by molar-refractivity contribution is 5.56. The average Bonchev–Trinajstić information content (AvgIpc) is 2.89. The summed E-state index contributed by atoms with van der Waals surface area (Å²) in [5, 5.41) is 3.85. The van der Waals surface area contributed by atoms with Crippen LogP contribution in [0.4, 0.5) is 0 Å². The lowest BCUT2D eigenvalue weighted by atomic mass is 10.2. The van der Waals surface area contributed by atoms with Gasteiger partial charge >= 0.3 is 0 Å². The van der Waals surface area contributed by atoms with E-state index in [0.29, 0.717) is 18.3 Å². The van der Waals surface area contributed by atoms with Crippen molar-refractivity contribution in [2.75, 3.05) is 13.7 Å². The number of aryl methyl sites for hydroxylation is 1. The fourth-order valence-electron chi connectivity index (χ4n) is 1.39. The molecule has 1 unspecified atom stereocenters. The second-order valence-corrected chi connectivity index (χ2v) is 3.31. The van der Waals surface area contributed by atoms with Crippen LogP contribution >= 0.6 is 0 Å². The molecule has 0 aliphatic rings. The molecule has 1 atom stereocenters. The number of hydrogen-bond donors (Lipinski definition) is 1. The van der Waals surface area contributed by atoms with Crippen LogP contribution in [0.15, 0.2) is 21.3 Å². The molecule has 2 heterocycles. The fourth-order valence-corrected chi connectivity index (χ4v) is 1.39. The molecule has 2 aromatic heterocycles. The zero-order valence-corrected chi connectivity index (χ0v) is 9.14. The molecule has 0 aliphatic heterocycles. The molecule has 86 valence electrons. The van der Waals surface area contributed by atoms with E-state index in [2.05, 4.69) is 10.1 Å². The largest absolute Gasteiger partial charge is 0.469 e. The summed E-state index contributed by atoms with van der Waals surface area (Å²) in [4.78, 5) is 4.21. The Hall–Kier alpha value is -1.66. The first kappa shape index (κ1) is 10.8. The quantitative estimate of drug-likeness (QED) is 0.840. The first-order valence-corrected chi connectivity index (χ1v) is 4.87. The number of methoxy groups -OCH3 is 1. The Balaban J connectivity index is 2.29. The topological polar surface area (TPSA) is 87.3 Å². The van der Waals surface area contributed by atoms with Crippen molar-refractivity contribution in [3.05, 3.63) is 24.0 Å². The third-order valence-corrected chi connectivity index (χ3v) is 2.32. The van der Waals surface area contributed by atoms with Gasteiger partial charge in [0.05, 0.1) is 11.8 Å². The lowest BCUT2D eigenvalue weighted by molar-refractivity contribution is 0.0804. The van der Waals surface area contributed by atoms with Crippen molar-refractivity contribution in [1.29, 1.82) is 0 Å². The van der Waals surface area contributed by atoms with Gasteiger partial charge in [0, 0.05) is 13.7 Å². The van der Waals surface area contributed by atoms with Crippen molar-refractivity contribution >= 4 is 0 Å². The van der Waals surface area contributed by atoms with Crippen LogP contribution in [0, 0.1) is 6.92 Å². The van der Waals surface area contributed by atoms with Crippen LogP contribution in [0.5, 0.6) is 0 Å². The summed E-state index contributed by atoms with van der Waals surface area (Å²) < 4.78 is 15.3. The van der Waals surface area contributed by atoms with E-state index in [0.717, 1.165) is 11.3 Å². The summed E-state index contributed by atoms with van der Waals surface area (Å²) in [7, 11) is 1.55. The number of hydrogen-bond acceptors (Lipinski definition) is 6. The van der Waals surface area contributed by atoms with Crippen LogP contribution in [0.1, 0.15) is 17.8 Å². The Kier molecular flexibility index (Phi) is 3.02. The monoisotopic (exact) mass is 223 g/mol. The number of nitrogens with zero attached hydrogens (tertiary/aromatic N) is 2. The molecule has 0 aromatic carbocycles. The van der Waals surface area contributed by atoms with Gasteiger partial charge in [0.2, 0.25) is 5.82 Å². The van der Waals surface area contributed by atoms with Crippen LogP contribution in [0.2, 0.25) is 0 Å². The van der Waals surface area contributed by atoms with Gasteiger partial charge < -0.3 is 19.4 Å². The Morgan fingerprint density at radius 2 is 2.38 bits per heavy atom. The van der Waals surface area contributed by atoms with E-state index in [1.165, 1.54) is 0 Å². The van der Waals surface area contributed by atoms with Crippen molar-refractivity contribution in [2.45, 2.75) is 13.0 Å². The number of nitrogens with two attached hydrogens (primary N) is 1. The number of rotatable bonds is 4. The predicted molar refractivity (Wildman–Crippen MR) is 55.5 cm³/mol. The van der Waals surface area contributed by atoms with Gasteiger partial charge in [-0.2, -0.15) is 4.98 Å². The third-order valence-electron chi connectivity index (χ3n) is 2.32. The number of aromatic nitrogens is 2. The van der Waals surface area contributed by atoms with Crippen LogP contribution in [-0.4, -0.2) is 23.8 Å². The van der Waals surface area contributed by atoms with Gasteiger partial charge in [-0.1, -0.05) is 5.16 Å². The summed E-state index contributed by atoms with van der Waals surface area (Å²) in [5.41, 5.74) is 6.31. The van der Waals surface area contributed by atoms with E-state index in [9.17, 15) is 0 Å². The molecule has 0 saturated heterocycles. The van der Waals surface area contributed by atoms with E-state index in [-0.39, 0.29) is 6.10 Å². The molecule has 0 aliphatic carbocycles. The Morgan fingerprint density at radius 1 is 1.56 bits per heavy atom. The maximum absolute atomic E-state index is 5.50. The minimum absolute atomic E-state index is 0.294. The molecule has 0 radical (unpaired) electrons. The molecule has 16 heavy (non-hydrogen) atoms. The molecule has 0 spiro atoms. The summed E-state index contributed by atoms with van der Waals surface area (Å²) in [6.07, 6.45) is 1.21. The van der Waals surface area contributed by atoms with Crippen molar-refractivity contribution in [3.63, 3.8) is 0 Å². The Morgan fingerprint density at radius 3 is 2.94 bits per heavy atom. The normalized spacial score (nSPS) is 12.9. The van der Waals surface area contributed by atoms with E-state index < -0.39 is 0 Å². The second-order valence-electron chi connectivity index (χ2n) is 3.31. The molecule has 2 rings (SSSR count). The van der Waals surface area contributed by atoms with Crippen LogP contribution in [0.25, 0.3) is 11.4 Å². The lowest BCUT2D eigenvalue weighted by Gasteiger charge is -2.05. The lowest BCUT2D eigenvalue weighted by Crippen LogP contribution is -2.14. The summed E-state index contributed by atoms with van der Waals surface area (Å²) in [6, 6.07) is 1.79. The Bertz CT molecular complexity index is 459. The van der Waals surface area contributed by atoms with E-state index in [1.807, 2.05) is 6.92 Å². The van der Waals surface area contributed by atoms with Crippen molar-refractivity contribution in [2.24, 2.45) is 5.73 Å². The highest BCUT2D eigenvalue weighted by atomic mass is 16.5. The molecule has 0 bridgehead atoms. The first-order chi connectivity index (χ1) is 7.76. The van der Waals surface area contributed by atoms with Crippen molar-refractivity contribution < 1.29 is 13.7 Å². The highest BCUT2D eigenvalue weighted by Crippen LogP contribution is 2.23. The van der Waals surface area contributed by atoms with Gasteiger partial charge in [-0.25, -0.2) is 0 Å². The SMILES string of the molecule is COC(CN)c1nc(-c2ccoc2C)no1. The molecule has 6 nitrogen and oxygen atoms in total. The minimum atomic E-state index is -0.367. The zero-order chi connectivity index (χ0) is 11.5. The van der Waals surface area contributed by atoms with Gasteiger partial charge in [0.15, 0.2) is 0 Å². The maximum Gasteiger partial charge on any atom is 0.257 e. The molecule has 0 saturated carbocycles. The predicted octanol–water partition coefficient (Wildman–Crippen LogP) is 1.28. The third kappa shape index (κ3) is 1.84. The highest BCUT2D eigenvalue weighted by Gasteiger charge is 2.18. The summed E-state index contributed by atoms with van der Waals surface area (Å²) >= 11 is 0. The molecule has 6 heteroatoms. The fraction of sp³-hybridized carbons (Fsp3) is 0.400. The van der Waals surface area contributed by atoms with Crippen molar-refractivity contribution in [3.8, 4) is 11.4 Å². The first-order valence-electron chi connectivity index (χ1n) is 4.87. The molecule has 0 fully saturated rings.